The van der Waals surface area contributed by atoms with Gasteiger partial charge in [-0.2, -0.15) is 0 Å². The lowest BCUT2D eigenvalue weighted by atomic mass is 9.69. The van der Waals surface area contributed by atoms with Gasteiger partial charge in [-0.1, -0.05) is 6.42 Å². The molecule has 0 saturated heterocycles. The first-order valence-electron chi connectivity index (χ1n) is 6.44. The topological polar surface area (TPSA) is 102 Å². The number of methoxy groups -OCH3 is 1. The standard InChI is InChI=1S/C14H18N2O4/c1-20-9-3-4-10(11(15)7-9)12(17)16-8-14(13(18)19)5-2-6-14/h3-4,7H,2,5-6,8,15H2,1H3,(H,16,17)(H,18,19). The van der Waals surface area contributed by atoms with E-state index in [2.05, 4.69) is 5.32 Å². The molecule has 1 aliphatic rings. The van der Waals surface area contributed by atoms with Gasteiger partial charge in [-0.25, -0.2) is 0 Å². The Labute approximate surface area is 116 Å². The third kappa shape index (κ3) is 2.54. The number of rotatable bonds is 5. The van der Waals surface area contributed by atoms with E-state index in [0.717, 1.165) is 6.42 Å². The molecule has 1 aromatic carbocycles. The molecule has 1 amide bonds. The van der Waals surface area contributed by atoms with Gasteiger partial charge in [0, 0.05) is 18.3 Å². The maximum Gasteiger partial charge on any atom is 0.311 e. The van der Waals surface area contributed by atoms with Gasteiger partial charge in [0.05, 0.1) is 18.1 Å². The molecule has 0 unspecified atom stereocenters. The van der Waals surface area contributed by atoms with Gasteiger partial charge in [-0.15, -0.1) is 0 Å². The van der Waals surface area contributed by atoms with Crippen molar-refractivity contribution in [2.75, 3.05) is 19.4 Å². The predicted molar refractivity (Wildman–Crippen MR) is 73.7 cm³/mol. The third-order valence-corrected chi connectivity index (χ3v) is 3.86. The molecule has 0 aliphatic heterocycles. The van der Waals surface area contributed by atoms with Crippen LogP contribution in [0.25, 0.3) is 0 Å². The average Bonchev–Trinajstić information content (AvgIpc) is 2.36. The Morgan fingerprint density at radius 1 is 1.45 bits per heavy atom. The number of amides is 1. The van der Waals surface area contributed by atoms with Gasteiger partial charge >= 0.3 is 5.97 Å². The van der Waals surface area contributed by atoms with E-state index in [1.54, 1.807) is 18.2 Å². The number of carbonyl (C=O) groups excluding carboxylic acids is 1. The van der Waals surface area contributed by atoms with E-state index in [0.29, 0.717) is 29.8 Å². The number of benzene rings is 1. The molecule has 2 rings (SSSR count). The fourth-order valence-electron chi connectivity index (χ4n) is 2.29. The number of carboxylic acid groups (broad SMARTS) is 1. The van der Waals surface area contributed by atoms with E-state index in [-0.39, 0.29) is 12.5 Å². The molecule has 0 spiro atoms. The normalized spacial score (nSPS) is 16.1. The van der Waals surface area contributed by atoms with Crippen LogP contribution in [-0.2, 0) is 4.79 Å². The summed E-state index contributed by atoms with van der Waals surface area (Å²) >= 11 is 0. The Morgan fingerprint density at radius 3 is 2.60 bits per heavy atom. The van der Waals surface area contributed by atoms with Crippen LogP contribution in [0.5, 0.6) is 5.75 Å². The molecule has 0 radical (unpaired) electrons. The zero-order valence-electron chi connectivity index (χ0n) is 11.3. The van der Waals surface area contributed by atoms with Gasteiger partial charge in [-0.3, -0.25) is 9.59 Å². The molecule has 0 bridgehead atoms. The number of nitrogen functional groups attached to an aromatic ring is 1. The van der Waals surface area contributed by atoms with Crippen LogP contribution in [0.2, 0.25) is 0 Å². The SMILES string of the molecule is COc1ccc(C(=O)NCC2(C(=O)O)CCC2)c(N)c1. The van der Waals surface area contributed by atoms with Gasteiger partial charge in [0.15, 0.2) is 0 Å². The van der Waals surface area contributed by atoms with Gasteiger partial charge in [-0.05, 0) is 25.0 Å². The van der Waals surface area contributed by atoms with Crippen LogP contribution in [0.15, 0.2) is 18.2 Å². The summed E-state index contributed by atoms with van der Waals surface area (Å²) < 4.78 is 5.01. The fourth-order valence-corrected chi connectivity index (χ4v) is 2.29. The monoisotopic (exact) mass is 278 g/mol. The third-order valence-electron chi connectivity index (χ3n) is 3.86. The lowest BCUT2D eigenvalue weighted by Crippen LogP contribution is -2.47. The first-order chi connectivity index (χ1) is 9.48. The molecule has 0 heterocycles. The smallest absolute Gasteiger partial charge is 0.311 e. The highest BCUT2D eigenvalue weighted by molar-refractivity contribution is 5.99. The predicted octanol–water partition coefficient (Wildman–Crippen LogP) is 1.26. The van der Waals surface area contributed by atoms with Crippen molar-refractivity contribution in [2.45, 2.75) is 19.3 Å². The lowest BCUT2D eigenvalue weighted by Gasteiger charge is -2.37. The van der Waals surface area contributed by atoms with Crippen LogP contribution >= 0.6 is 0 Å². The van der Waals surface area contributed by atoms with Crippen molar-refractivity contribution >= 4 is 17.6 Å². The summed E-state index contributed by atoms with van der Waals surface area (Å²) in [4.78, 5) is 23.3. The highest BCUT2D eigenvalue weighted by Crippen LogP contribution is 2.40. The Hall–Kier alpha value is -2.24. The quantitative estimate of drug-likeness (QED) is 0.704. The minimum Gasteiger partial charge on any atom is -0.497 e. The Bertz CT molecular complexity index is 538. The van der Waals surface area contributed by atoms with Crippen LogP contribution in [0.4, 0.5) is 5.69 Å². The summed E-state index contributed by atoms with van der Waals surface area (Å²) in [5, 5.41) is 11.9. The summed E-state index contributed by atoms with van der Waals surface area (Å²) in [7, 11) is 1.52. The molecule has 1 aliphatic carbocycles. The molecule has 0 atom stereocenters. The Kier molecular flexibility index (Phi) is 3.83. The number of nitrogens with two attached hydrogens (primary N) is 1. The highest BCUT2D eigenvalue weighted by Gasteiger charge is 2.44. The minimum atomic E-state index is -0.855. The number of hydrogen-bond donors (Lipinski definition) is 3. The van der Waals surface area contributed by atoms with E-state index in [1.165, 1.54) is 7.11 Å². The molecule has 0 aromatic heterocycles. The Balaban J connectivity index is 2.03. The molecule has 4 N–H and O–H groups in total. The number of aliphatic carboxylic acids is 1. The summed E-state index contributed by atoms with van der Waals surface area (Å²) in [6, 6.07) is 4.77. The largest absolute Gasteiger partial charge is 0.497 e. The Morgan fingerprint density at radius 2 is 2.15 bits per heavy atom. The minimum absolute atomic E-state index is 0.132. The maximum atomic E-state index is 12.0. The number of ether oxygens (including phenoxy) is 1. The van der Waals surface area contributed by atoms with Crippen LogP contribution in [-0.4, -0.2) is 30.6 Å². The second kappa shape index (κ2) is 5.40. The van der Waals surface area contributed by atoms with Crippen molar-refractivity contribution in [3.8, 4) is 5.75 Å². The van der Waals surface area contributed by atoms with Crippen molar-refractivity contribution in [3.05, 3.63) is 23.8 Å². The molecule has 6 heteroatoms. The molecular formula is C14H18N2O4. The first-order valence-corrected chi connectivity index (χ1v) is 6.44. The van der Waals surface area contributed by atoms with Crippen molar-refractivity contribution in [1.82, 2.24) is 5.32 Å². The van der Waals surface area contributed by atoms with E-state index in [1.807, 2.05) is 0 Å². The van der Waals surface area contributed by atoms with Crippen LogP contribution in [0, 0.1) is 5.41 Å². The molecule has 1 aromatic rings. The van der Waals surface area contributed by atoms with Crippen LogP contribution in [0.3, 0.4) is 0 Å². The highest BCUT2D eigenvalue weighted by atomic mass is 16.5. The molecular weight excluding hydrogens is 260 g/mol. The number of anilines is 1. The van der Waals surface area contributed by atoms with Crippen molar-refractivity contribution in [3.63, 3.8) is 0 Å². The van der Waals surface area contributed by atoms with Crippen molar-refractivity contribution in [1.29, 1.82) is 0 Å². The summed E-state index contributed by atoms with van der Waals surface area (Å²) in [6.07, 6.45) is 2.08. The van der Waals surface area contributed by atoms with E-state index >= 15 is 0 Å². The number of nitrogens with one attached hydrogen (secondary N) is 1. The summed E-state index contributed by atoms with van der Waals surface area (Å²) in [5.74, 6) is -0.649. The molecule has 108 valence electrons. The lowest BCUT2D eigenvalue weighted by molar-refractivity contribution is -0.153. The van der Waals surface area contributed by atoms with E-state index in [9.17, 15) is 14.7 Å². The van der Waals surface area contributed by atoms with Gasteiger partial charge < -0.3 is 20.9 Å². The maximum absolute atomic E-state index is 12.0. The van der Waals surface area contributed by atoms with Crippen LogP contribution < -0.4 is 15.8 Å². The second-order valence-corrected chi connectivity index (χ2v) is 5.07. The van der Waals surface area contributed by atoms with Gasteiger partial charge in [0.2, 0.25) is 0 Å². The average molecular weight is 278 g/mol. The first kappa shape index (κ1) is 14.2. The number of carboxylic acids is 1. The van der Waals surface area contributed by atoms with Crippen LogP contribution in [0.1, 0.15) is 29.6 Å². The molecule has 20 heavy (non-hydrogen) atoms. The summed E-state index contributed by atoms with van der Waals surface area (Å²) in [5.41, 5.74) is 5.61. The van der Waals surface area contributed by atoms with Crippen molar-refractivity contribution < 1.29 is 19.4 Å². The fraction of sp³-hybridized carbons (Fsp3) is 0.429. The molecule has 1 fully saturated rings. The molecule has 1 saturated carbocycles. The zero-order valence-corrected chi connectivity index (χ0v) is 11.3. The van der Waals surface area contributed by atoms with Gasteiger partial charge in [0.1, 0.15) is 5.75 Å². The van der Waals surface area contributed by atoms with E-state index in [4.69, 9.17) is 10.5 Å². The van der Waals surface area contributed by atoms with E-state index < -0.39 is 11.4 Å². The molecule has 6 nitrogen and oxygen atoms in total. The number of carbonyl (C=O) groups is 2. The number of hydrogen-bond acceptors (Lipinski definition) is 4. The zero-order chi connectivity index (χ0) is 14.8. The van der Waals surface area contributed by atoms with Gasteiger partial charge in [0.25, 0.3) is 5.91 Å². The summed E-state index contributed by atoms with van der Waals surface area (Å²) in [6.45, 7) is 0.132. The van der Waals surface area contributed by atoms with Crippen molar-refractivity contribution in [2.24, 2.45) is 5.41 Å². The second-order valence-electron chi connectivity index (χ2n) is 5.07.